The summed E-state index contributed by atoms with van der Waals surface area (Å²) in [4.78, 5) is 14.3. The average Bonchev–Trinajstić information content (AvgIpc) is 2.72. The number of para-hydroxylation sites is 1. The fourth-order valence-electron chi connectivity index (χ4n) is 3.75. The second-order valence-electron chi connectivity index (χ2n) is 7.28. The topological polar surface area (TPSA) is 63.0 Å². The molecular weight excluding hydrogens is 352 g/mol. The van der Waals surface area contributed by atoms with Crippen LogP contribution in [0, 0.1) is 6.92 Å². The first-order valence-corrected chi connectivity index (χ1v) is 9.65. The number of carbonyl (C=O) groups excluding carboxylic acids is 1. The maximum absolute atomic E-state index is 13.0. The van der Waals surface area contributed by atoms with Crippen LogP contribution in [0.4, 0.5) is 5.69 Å². The Balaban J connectivity index is 1.73. The highest BCUT2D eigenvalue weighted by Gasteiger charge is 2.23. The molecule has 0 bridgehead atoms. The van der Waals surface area contributed by atoms with Crippen LogP contribution in [0.15, 0.2) is 54.6 Å². The Morgan fingerprint density at radius 2 is 1.82 bits per heavy atom. The van der Waals surface area contributed by atoms with Gasteiger partial charge in [0.05, 0.1) is 24.3 Å². The van der Waals surface area contributed by atoms with Crippen LogP contribution < -0.4 is 10.2 Å². The maximum atomic E-state index is 13.0. The molecule has 1 saturated heterocycles. The molecule has 0 saturated carbocycles. The van der Waals surface area contributed by atoms with E-state index in [1.807, 2.05) is 55.5 Å². The molecule has 0 spiro atoms. The highest BCUT2D eigenvalue weighted by Crippen LogP contribution is 2.32. The zero-order chi connectivity index (χ0) is 19.5. The molecule has 0 aromatic heterocycles. The Morgan fingerprint density at radius 3 is 2.61 bits per heavy atom. The van der Waals surface area contributed by atoms with Crippen molar-refractivity contribution in [3.05, 3.63) is 71.3 Å². The van der Waals surface area contributed by atoms with Gasteiger partial charge in [0.2, 0.25) is 0 Å². The van der Waals surface area contributed by atoms with E-state index in [0.29, 0.717) is 12.1 Å². The number of hydrogen-bond donors (Lipinski definition) is 3. The van der Waals surface area contributed by atoms with Gasteiger partial charge in [0, 0.05) is 5.69 Å². The fraction of sp³-hybridized carbons (Fsp3) is 0.261. The van der Waals surface area contributed by atoms with E-state index in [4.69, 9.17) is 4.74 Å². The van der Waals surface area contributed by atoms with E-state index < -0.39 is 0 Å². The standard InChI is InChI=1S/C23H24N2O3/c1-16-6-2-5-9-21(16)24-23(27)19-14-17-7-3-4-8-18(17)20(22(19)26)15-25-10-12-28-13-11-25/h2-9,14,26H,10-13,15H2,1H3,(H,24,27)/p+1. The van der Waals surface area contributed by atoms with Crippen molar-refractivity contribution >= 4 is 22.4 Å². The summed E-state index contributed by atoms with van der Waals surface area (Å²) in [6.07, 6.45) is 0. The summed E-state index contributed by atoms with van der Waals surface area (Å²) >= 11 is 0. The minimum atomic E-state index is -0.296. The quantitative estimate of drug-likeness (QED) is 0.655. The summed E-state index contributed by atoms with van der Waals surface area (Å²) < 4.78 is 5.45. The van der Waals surface area contributed by atoms with Crippen LogP contribution in [0.1, 0.15) is 21.5 Å². The number of hydrogen-bond acceptors (Lipinski definition) is 3. The summed E-state index contributed by atoms with van der Waals surface area (Å²) in [5, 5.41) is 15.9. The lowest BCUT2D eigenvalue weighted by atomic mass is 9.98. The minimum Gasteiger partial charge on any atom is -0.507 e. The molecule has 1 fully saturated rings. The van der Waals surface area contributed by atoms with Gasteiger partial charge in [0.15, 0.2) is 0 Å². The van der Waals surface area contributed by atoms with Crippen molar-refractivity contribution in [3.8, 4) is 5.75 Å². The molecule has 1 aliphatic rings. The number of aromatic hydroxyl groups is 1. The van der Waals surface area contributed by atoms with Crippen molar-refractivity contribution in [1.29, 1.82) is 0 Å². The minimum absolute atomic E-state index is 0.0729. The molecule has 0 aliphatic carbocycles. The van der Waals surface area contributed by atoms with Crippen LogP contribution in [0.2, 0.25) is 0 Å². The second-order valence-corrected chi connectivity index (χ2v) is 7.28. The van der Waals surface area contributed by atoms with E-state index in [9.17, 15) is 9.90 Å². The third kappa shape index (κ3) is 3.72. The van der Waals surface area contributed by atoms with E-state index in [-0.39, 0.29) is 11.7 Å². The van der Waals surface area contributed by atoms with Crippen LogP contribution in [0.5, 0.6) is 5.75 Å². The van der Waals surface area contributed by atoms with Crippen molar-refractivity contribution in [2.75, 3.05) is 31.6 Å². The van der Waals surface area contributed by atoms with Gasteiger partial charge >= 0.3 is 0 Å². The van der Waals surface area contributed by atoms with Crippen LogP contribution >= 0.6 is 0 Å². The van der Waals surface area contributed by atoms with Crippen LogP contribution in [0.25, 0.3) is 10.8 Å². The first-order valence-electron chi connectivity index (χ1n) is 9.65. The normalized spacial score (nSPS) is 14.9. The number of rotatable bonds is 4. The van der Waals surface area contributed by atoms with Gasteiger partial charge in [-0.2, -0.15) is 0 Å². The molecule has 144 valence electrons. The van der Waals surface area contributed by atoms with Gasteiger partial charge in [-0.15, -0.1) is 0 Å². The predicted molar refractivity (Wildman–Crippen MR) is 110 cm³/mol. The van der Waals surface area contributed by atoms with Gasteiger partial charge in [0.1, 0.15) is 25.4 Å². The molecule has 5 heteroatoms. The van der Waals surface area contributed by atoms with Crippen LogP contribution in [0.3, 0.4) is 0 Å². The van der Waals surface area contributed by atoms with Crippen molar-refractivity contribution in [1.82, 2.24) is 0 Å². The van der Waals surface area contributed by atoms with E-state index in [0.717, 1.165) is 53.9 Å². The molecule has 1 amide bonds. The number of ether oxygens (including phenoxy) is 1. The van der Waals surface area contributed by atoms with Crippen LogP contribution in [-0.4, -0.2) is 37.3 Å². The number of benzene rings is 3. The van der Waals surface area contributed by atoms with E-state index in [1.165, 1.54) is 4.90 Å². The summed E-state index contributed by atoms with van der Waals surface area (Å²) in [6.45, 7) is 5.86. The molecular formula is C23H25N2O3+. The summed E-state index contributed by atoms with van der Waals surface area (Å²) in [5.74, 6) is -0.223. The predicted octanol–water partition coefficient (Wildman–Crippen LogP) is 2.52. The molecule has 1 heterocycles. The zero-order valence-electron chi connectivity index (χ0n) is 16.0. The monoisotopic (exact) mass is 377 g/mol. The third-order valence-electron chi connectivity index (χ3n) is 5.39. The molecule has 1 aliphatic heterocycles. The van der Waals surface area contributed by atoms with Gasteiger partial charge in [-0.25, -0.2) is 0 Å². The number of nitrogens with one attached hydrogen (secondary N) is 2. The second kappa shape index (κ2) is 8.00. The Hall–Kier alpha value is -2.89. The zero-order valence-corrected chi connectivity index (χ0v) is 16.0. The average molecular weight is 377 g/mol. The molecule has 0 radical (unpaired) electrons. The molecule has 28 heavy (non-hydrogen) atoms. The van der Waals surface area contributed by atoms with Gasteiger partial charge in [-0.05, 0) is 35.4 Å². The third-order valence-corrected chi connectivity index (χ3v) is 5.39. The number of amides is 1. The first-order chi connectivity index (χ1) is 13.6. The summed E-state index contributed by atoms with van der Waals surface area (Å²) in [7, 11) is 0. The smallest absolute Gasteiger partial charge is 0.259 e. The van der Waals surface area contributed by atoms with Gasteiger partial charge < -0.3 is 20.1 Å². The SMILES string of the molecule is Cc1ccccc1NC(=O)c1cc2ccccc2c(C[NH+]2CCOCC2)c1O. The fourth-order valence-corrected chi connectivity index (χ4v) is 3.75. The highest BCUT2D eigenvalue weighted by molar-refractivity contribution is 6.09. The lowest BCUT2D eigenvalue weighted by Gasteiger charge is -2.25. The number of phenols is 1. The van der Waals surface area contributed by atoms with E-state index in [1.54, 1.807) is 6.07 Å². The number of fused-ring (bicyclic) bond motifs is 1. The molecule has 4 rings (SSSR count). The van der Waals surface area contributed by atoms with Crippen molar-refractivity contribution in [2.24, 2.45) is 0 Å². The van der Waals surface area contributed by atoms with Crippen LogP contribution in [-0.2, 0) is 11.3 Å². The lowest BCUT2D eigenvalue weighted by Crippen LogP contribution is -3.12. The van der Waals surface area contributed by atoms with E-state index in [2.05, 4.69) is 5.32 Å². The van der Waals surface area contributed by atoms with Gasteiger partial charge in [-0.1, -0.05) is 42.5 Å². The lowest BCUT2D eigenvalue weighted by molar-refractivity contribution is -0.921. The van der Waals surface area contributed by atoms with Crippen molar-refractivity contribution in [2.45, 2.75) is 13.5 Å². The Bertz CT molecular complexity index is 1010. The molecule has 3 aromatic rings. The number of anilines is 1. The molecule has 5 nitrogen and oxygen atoms in total. The number of phenolic OH excluding ortho intramolecular Hbond substituents is 1. The Kier molecular flexibility index (Phi) is 5.28. The first kappa shape index (κ1) is 18.5. The molecule has 3 N–H and O–H groups in total. The van der Waals surface area contributed by atoms with Crippen molar-refractivity contribution < 1.29 is 19.5 Å². The van der Waals surface area contributed by atoms with Crippen molar-refractivity contribution in [3.63, 3.8) is 0 Å². The number of quaternary nitrogens is 1. The summed E-state index contributed by atoms with van der Waals surface area (Å²) in [6, 6.07) is 17.3. The highest BCUT2D eigenvalue weighted by atomic mass is 16.5. The largest absolute Gasteiger partial charge is 0.507 e. The number of morpholine rings is 1. The molecule has 0 atom stereocenters. The van der Waals surface area contributed by atoms with Gasteiger partial charge in [-0.3, -0.25) is 4.79 Å². The number of aryl methyl sites for hydroxylation is 1. The Labute approximate surface area is 164 Å². The van der Waals surface area contributed by atoms with E-state index >= 15 is 0 Å². The maximum Gasteiger partial charge on any atom is 0.259 e. The Morgan fingerprint density at radius 1 is 1.11 bits per heavy atom. The number of carbonyl (C=O) groups is 1. The summed E-state index contributed by atoms with van der Waals surface area (Å²) in [5.41, 5.74) is 2.86. The van der Waals surface area contributed by atoms with Gasteiger partial charge in [0.25, 0.3) is 5.91 Å². The molecule has 0 unspecified atom stereocenters. The molecule has 3 aromatic carbocycles.